The maximum absolute atomic E-state index is 13.1. The average molecular weight is 444 g/mol. The van der Waals surface area contributed by atoms with Gasteiger partial charge in [-0.05, 0) is 39.0 Å². The fourth-order valence-corrected chi connectivity index (χ4v) is 5.00. The summed E-state index contributed by atoms with van der Waals surface area (Å²) in [6, 6.07) is 8.23. The summed E-state index contributed by atoms with van der Waals surface area (Å²) in [4.78, 5) is 32.8. The lowest BCUT2D eigenvalue weighted by Gasteiger charge is -2.34. The van der Waals surface area contributed by atoms with Crippen LogP contribution in [-0.2, 0) is 9.53 Å². The molecule has 0 unspecified atom stereocenters. The fourth-order valence-electron chi connectivity index (χ4n) is 3.96. The zero-order valence-electron chi connectivity index (χ0n) is 18.9. The average Bonchev–Trinajstić information content (AvgIpc) is 3.17. The minimum atomic E-state index is -0.0434. The fraction of sp³-hybridized carbons (Fsp3) is 0.542. The topological polar surface area (TPSA) is 71.5 Å². The molecule has 2 heterocycles. The lowest BCUT2D eigenvalue weighted by Crippen LogP contribution is -2.42. The molecule has 1 saturated heterocycles. The monoisotopic (exact) mass is 443 g/mol. The Morgan fingerprint density at radius 3 is 2.55 bits per heavy atom. The normalized spacial score (nSPS) is 15.7. The summed E-state index contributed by atoms with van der Waals surface area (Å²) in [5, 5.41) is 3.88. The van der Waals surface area contributed by atoms with Crippen LogP contribution in [0.2, 0.25) is 0 Å². The number of amides is 2. The van der Waals surface area contributed by atoms with Gasteiger partial charge in [-0.2, -0.15) is 0 Å². The van der Waals surface area contributed by atoms with Crippen molar-refractivity contribution in [2.45, 2.75) is 40.0 Å². The second-order valence-corrected chi connectivity index (χ2v) is 9.35. The van der Waals surface area contributed by atoms with Crippen LogP contribution in [0, 0.1) is 25.7 Å². The molecule has 2 amide bonds. The number of likely N-dealkylation sites (tertiary alicyclic amines) is 1. The molecular weight excluding hydrogens is 410 g/mol. The first-order valence-corrected chi connectivity index (χ1v) is 11.8. The molecule has 0 radical (unpaired) electrons. The van der Waals surface area contributed by atoms with E-state index in [0.29, 0.717) is 32.2 Å². The first-order valence-electron chi connectivity index (χ1n) is 11.0. The number of hydrogen-bond acceptors (Lipinski definition) is 5. The number of rotatable bonds is 8. The SMILES string of the molecule is COCCCNC(=O)[C@@H](C)C1CCN(C(=O)c2sc(-c3ccc(C)cc3)nc2C)CC1. The molecular formula is C24H33N3O3S. The summed E-state index contributed by atoms with van der Waals surface area (Å²) in [7, 11) is 1.66. The van der Waals surface area contributed by atoms with Crippen LogP contribution in [0.3, 0.4) is 0 Å². The second-order valence-electron chi connectivity index (χ2n) is 8.36. The summed E-state index contributed by atoms with van der Waals surface area (Å²) in [5.74, 6) is 0.417. The van der Waals surface area contributed by atoms with Gasteiger partial charge in [0.1, 0.15) is 9.88 Å². The quantitative estimate of drug-likeness (QED) is 0.625. The third kappa shape index (κ3) is 5.92. The Labute approximate surface area is 189 Å². The number of thiazole rings is 1. The van der Waals surface area contributed by atoms with E-state index in [4.69, 9.17) is 4.74 Å². The summed E-state index contributed by atoms with van der Waals surface area (Å²) in [6.07, 6.45) is 2.52. The first-order chi connectivity index (χ1) is 14.9. The predicted octanol–water partition coefficient (Wildman–Crippen LogP) is 4.07. The van der Waals surface area contributed by atoms with E-state index in [1.165, 1.54) is 16.9 Å². The molecule has 1 aromatic carbocycles. The van der Waals surface area contributed by atoms with Crippen molar-refractivity contribution in [2.24, 2.45) is 11.8 Å². The largest absolute Gasteiger partial charge is 0.385 e. The summed E-state index contributed by atoms with van der Waals surface area (Å²) < 4.78 is 5.02. The van der Waals surface area contributed by atoms with Gasteiger partial charge in [0.15, 0.2) is 0 Å². The lowest BCUT2D eigenvalue weighted by atomic mass is 9.84. The molecule has 3 rings (SSSR count). The number of carbonyl (C=O) groups excluding carboxylic acids is 2. The maximum Gasteiger partial charge on any atom is 0.265 e. The molecule has 1 atom stereocenters. The van der Waals surface area contributed by atoms with Crippen molar-refractivity contribution in [3.05, 3.63) is 40.4 Å². The smallest absolute Gasteiger partial charge is 0.265 e. The Morgan fingerprint density at radius 1 is 1.23 bits per heavy atom. The van der Waals surface area contributed by atoms with Gasteiger partial charge in [-0.1, -0.05) is 36.8 Å². The molecule has 0 saturated carbocycles. The number of benzene rings is 1. The highest BCUT2D eigenvalue weighted by Crippen LogP contribution is 2.31. The van der Waals surface area contributed by atoms with Crippen molar-refractivity contribution in [3.8, 4) is 10.6 Å². The van der Waals surface area contributed by atoms with Crippen LogP contribution < -0.4 is 5.32 Å². The Balaban J connectivity index is 1.55. The van der Waals surface area contributed by atoms with Gasteiger partial charge in [-0.3, -0.25) is 9.59 Å². The van der Waals surface area contributed by atoms with Crippen LogP contribution in [0.1, 0.15) is 47.1 Å². The van der Waals surface area contributed by atoms with E-state index >= 15 is 0 Å². The van der Waals surface area contributed by atoms with Crippen LogP contribution in [0.15, 0.2) is 24.3 Å². The van der Waals surface area contributed by atoms with Crippen LogP contribution in [0.5, 0.6) is 0 Å². The van der Waals surface area contributed by atoms with E-state index in [2.05, 4.69) is 41.5 Å². The number of methoxy groups -OCH3 is 1. The third-order valence-electron chi connectivity index (χ3n) is 6.06. The van der Waals surface area contributed by atoms with Crippen molar-refractivity contribution < 1.29 is 14.3 Å². The highest BCUT2D eigenvalue weighted by molar-refractivity contribution is 7.17. The molecule has 6 nitrogen and oxygen atoms in total. The standard InChI is InChI=1S/C24H33N3O3S/c1-16-6-8-20(9-7-16)23-26-18(3)21(31-23)24(29)27-13-10-19(11-14-27)17(2)22(28)25-12-5-15-30-4/h6-9,17,19H,5,10-15H2,1-4H3,(H,25,28)/t17-/m0/s1. The van der Waals surface area contributed by atoms with Crippen molar-refractivity contribution in [2.75, 3.05) is 33.4 Å². The van der Waals surface area contributed by atoms with E-state index in [1.54, 1.807) is 7.11 Å². The molecule has 31 heavy (non-hydrogen) atoms. The zero-order chi connectivity index (χ0) is 22.4. The number of aryl methyl sites for hydroxylation is 2. The number of ether oxygens (including phenoxy) is 1. The number of carbonyl (C=O) groups is 2. The molecule has 2 aromatic rings. The molecule has 0 aliphatic carbocycles. The zero-order valence-corrected chi connectivity index (χ0v) is 19.8. The van der Waals surface area contributed by atoms with Crippen molar-refractivity contribution in [1.29, 1.82) is 0 Å². The number of piperidine rings is 1. The van der Waals surface area contributed by atoms with Gasteiger partial charge in [-0.15, -0.1) is 11.3 Å². The van der Waals surface area contributed by atoms with Crippen LogP contribution in [0.25, 0.3) is 10.6 Å². The van der Waals surface area contributed by atoms with Crippen LogP contribution in [0.4, 0.5) is 0 Å². The number of nitrogens with one attached hydrogen (secondary N) is 1. The Hall–Kier alpha value is -2.25. The molecule has 1 N–H and O–H groups in total. The van der Waals surface area contributed by atoms with E-state index in [-0.39, 0.29) is 17.7 Å². The third-order valence-corrected chi connectivity index (χ3v) is 7.26. The molecule has 1 fully saturated rings. The van der Waals surface area contributed by atoms with Crippen molar-refractivity contribution in [3.63, 3.8) is 0 Å². The van der Waals surface area contributed by atoms with Gasteiger partial charge in [-0.25, -0.2) is 4.98 Å². The highest BCUT2D eigenvalue weighted by atomic mass is 32.1. The van der Waals surface area contributed by atoms with Crippen LogP contribution >= 0.6 is 11.3 Å². The van der Waals surface area contributed by atoms with Gasteiger partial charge in [0.2, 0.25) is 5.91 Å². The Morgan fingerprint density at radius 2 is 1.90 bits per heavy atom. The number of aromatic nitrogens is 1. The van der Waals surface area contributed by atoms with Gasteiger partial charge in [0.05, 0.1) is 5.69 Å². The molecule has 7 heteroatoms. The maximum atomic E-state index is 13.1. The van der Waals surface area contributed by atoms with Gasteiger partial charge in [0, 0.05) is 44.8 Å². The molecule has 168 valence electrons. The second kappa shape index (κ2) is 10.9. The van der Waals surface area contributed by atoms with E-state index in [9.17, 15) is 9.59 Å². The summed E-state index contributed by atoms with van der Waals surface area (Å²) in [5.41, 5.74) is 3.03. The van der Waals surface area contributed by atoms with Crippen molar-refractivity contribution >= 4 is 23.2 Å². The van der Waals surface area contributed by atoms with Crippen molar-refractivity contribution in [1.82, 2.24) is 15.2 Å². The minimum absolute atomic E-state index is 0.0434. The number of nitrogens with zero attached hydrogens (tertiary/aromatic N) is 2. The molecule has 1 aliphatic heterocycles. The van der Waals surface area contributed by atoms with E-state index in [1.807, 2.05) is 18.7 Å². The predicted molar refractivity (Wildman–Crippen MR) is 124 cm³/mol. The highest BCUT2D eigenvalue weighted by Gasteiger charge is 2.31. The van der Waals surface area contributed by atoms with Gasteiger partial charge < -0.3 is 15.0 Å². The Bertz CT molecular complexity index is 886. The van der Waals surface area contributed by atoms with E-state index < -0.39 is 0 Å². The minimum Gasteiger partial charge on any atom is -0.385 e. The summed E-state index contributed by atoms with van der Waals surface area (Å²) in [6.45, 7) is 8.62. The number of hydrogen-bond donors (Lipinski definition) is 1. The van der Waals surface area contributed by atoms with Gasteiger partial charge in [0.25, 0.3) is 5.91 Å². The molecule has 0 bridgehead atoms. The molecule has 1 aliphatic rings. The van der Waals surface area contributed by atoms with Gasteiger partial charge >= 0.3 is 0 Å². The first kappa shape index (κ1) is 23.4. The van der Waals surface area contributed by atoms with Crippen LogP contribution in [-0.4, -0.2) is 55.0 Å². The van der Waals surface area contributed by atoms with E-state index in [0.717, 1.165) is 40.4 Å². The summed E-state index contributed by atoms with van der Waals surface area (Å²) >= 11 is 1.47. The molecule has 0 spiro atoms. The Kier molecular flexibility index (Phi) is 8.21. The lowest BCUT2D eigenvalue weighted by molar-refractivity contribution is -0.126. The molecule has 1 aromatic heterocycles.